The maximum absolute atomic E-state index is 13.6. The number of rotatable bonds is 6. The smallest absolute Gasteiger partial charge is 0.251 e. The van der Waals surface area contributed by atoms with Crippen LogP contribution in [-0.4, -0.2) is 18.1 Å². The molecule has 0 aliphatic rings. The lowest BCUT2D eigenvalue weighted by Gasteiger charge is -2.08. The minimum atomic E-state index is -0.515. The molecule has 0 aliphatic carbocycles. The molecule has 3 N–H and O–H groups in total. The Hall–Kier alpha value is -2.34. The summed E-state index contributed by atoms with van der Waals surface area (Å²) < 4.78 is 13.6. The molecule has 2 aromatic carbocycles. The fraction of sp³-hybridized carbons (Fsp3) is 0.176. The van der Waals surface area contributed by atoms with Gasteiger partial charge in [0.1, 0.15) is 5.82 Å². The molecule has 23 heavy (non-hydrogen) atoms. The number of hydrogen-bond donors (Lipinski definition) is 2. The van der Waals surface area contributed by atoms with E-state index < -0.39 is 5.91 Å². The van der Waals surface area contributed by atoms with Crippen molar-refractivity contribution in [2.24, 2.45) is 5.73 Å². The highest BCUT2D eigenvalue weighted by molar-refractivity contribution is 7.97. The summed E-state index contributed by atoms with van der Waals surface area (Å²) in [5, 5.41) is 2.75. The third kappa shape index (κ3) is 4.56. The highest BCUT2D eigenvalue weighted by Gasteiger charge is 2.10. The second-order valence-electron chi connectivity index (χ2n) is 4.99. The second kappa shape index (κ2) is 7.78. The van der Waals surface area contributed by atoms with E-state index in [4.69, 9.17) is 5.73 Å². The van der Waals surface area contributed by atoms with Crippen molar-refractivity contribution in [2.45, 2.75) is 12.3 Å². The first-order valence-electron chi connectivity index (χ1n) is 6.95. The average Bonchev–Trinajstić information content (AvgIpc) is 2.55. The van der Waals surface area contributed by atoms with Crippen molar-refractivity contribution in [1.82, 2.24) is 5.32 Å². The second-order valence-corrected chi connectivity index (χ2v) is 5.85. The van der Waals surface area contributed by atoms with Crippen molar-refractivity contribution in [2.75, 3.05) is 6.26 Å². The fourth-order valence-corrected chi connectivity index (χ4v) is 2.63. The van der Waals surface area contributed by atoms with E-state index in [9.17, 15) is 14.0 Å². The van der Waals surface area contributed by atoms with E-state index in [0.717, 1.165) is 5.56 Å². The average molecular weight is 332 g/mol. The summed E-state index contributed by atoms with van der Waals surface area (Å²) in [6.45, 7) is 0.259. The van der Waals surface area contributed by atoms with Crippen LogP contribution in [0.2, 0.25) is 0 Å². The quantitative estimate of drug-likeness (QED) is 0.854. The van der Waals surface area contributed by atoms with Crippen molar-refractivity contribution in [3.05, 3.63) is 70.5 Å². The van der Waals surface area contributed by atoms with Crippen LogP contribution in [0.3, 0.4) is 0 Å². The lowest BCUT2D eigenvalue weighted by Crippen LogP contribution is -2.23. The van der Waals surface area contributed by atoms with Gasteiger partial charge < -0.3 is 11.1 Å². The molecule has 0 heterocycles. The maximum atomic E-state index is 13.6. The number of nitrogens with one attached hydrogen (secondary N) is 1. The number of thioether (sulfide) groups is 1. The zero-order valence-corrected chi connectivity index (χ0v) is 13.5. The van der Waals surface area contributed by atoms with Crippen LogP contribution in [-0.2, 0) is 12.3 Å². The van der Waals surface area contributed by atoms with Gasteiger partial charge in [0.15, 0.2) is 0 Å². The van der Waals surface area contributed by atoms with Gasteiger partial charge >= 0.3 is 0 Å². The van der Waals surface area contributed by atoms with Crippen molar-refractivity contribution in [3.8, 4) is 0 Å². The highest BCUT2D eigenvalue weighted by atomic mass is 32.2. The van der Waals surface area contributed by atoms with Gasteiger partial charge in [0, 0.05) is 23.4 Å². The molecule has 0 saturated carbocycles. The van der Waals surface area contributed by atoms with E-state index in [-0.39, 0.29) is 18.3 Å². The third-order valence-electron chi connectivity index (χ3n) is 3.27. The summed E-state index contributed by atoms with van der Waals surface area (Å²) in [7, 11) is 0. The minimum absolute atomic E-state index is 0.259. The van der Waals surface area contributed by atoms with Crippen LogP contribution in [0.15, 0.2) is 42.5 Å². The molecule has 2 aromatic rings. The number of amides is 2. The number of carbonyl (C=O) groups is 2. The topological polar surface area (TPSA) is 72.2 Å². The van der Waals surface area contributed by atoms with E-state index in [0.29, 0.717) is 22.4 Å². The Morgan fingerprint density at radius 3 is 2.65 bits per heavy atom. The normalized spacial score (nSPS) is 10.3. The minimum Gasteiger partial charge on any atom is -0.366 e. The summed E-state index contributed by atoms with van der Waals surface area (Å²) in [5.41, 5.74) is 7.28. The van der Waals surface area contributed by atoms with Gasteiger partial charge in [-0.2, -0.15) is 11.8 Å². The van der Waals surface area contributed by atoms with E-state index in [2.05, 4.69) is 5.32 Å². The third-order valence-corrected chi connectivity index (χ3v) is 3.87. The lowest BCUT2D eigenvalue weighted by atomic mass is 10.1. The van der Waals surface area contributed by atoms with Crippen LogP contribution < -0.4 is 11.1 Å². The number of hydrogen-bond acceptors (Lipinski definition) is 3. The van der Waals surface area contributed by atoms with Gasteiger partial charge in [-0.15, -0.1) is 0 Å². The monoisotopic (exact) mass is 332 g/mol. The molecule has 120 valence electrons. The predicted octanol–water partition coefficient (Wildman–Crippen LogP) is 2.72. The number of halogens is 1. The first kappa shape index (κ1) is 17.0. The van der Waals surface area contributed by atoms with Gasteiger partial charge in [-0.3, -0.25) is 9.59 Å². The largest absolute Gasteiger partial charge is 0.366 e. The van der Waals surface area contributed by atoms with Crippen LogP contribution >= 0.6 is 11.8 Å². The van der Waals surface area contributed by atoms with Gasteiger partial charge in [-0.05, 0) is 47.7 Å². The van der Waals surface area contributed by atoms with Crippen LogP contribution in [0.1, 0.15) is 31.8 Å². The SMILES string of the molecule is CSCc1cc(C(=O)NCc2cccc(C(N)=O)c2)ccc1F. The Labute approximate surface area is 138 Å². The summed E-state index contributed by atoms with van der Waals surface area (Å²) >= 11 is 1.49. The molecule has 6 heteroatoms. The molecule has 0 spiro atoms. The standard InChI is InChI=1S/C17H17FN2O2S/c1-23-10-14-8-13(5-6-15(14)18)17(22)20-9-11-3-2-4-12(7-11)16(19)21/h2-8H,9-10H2,1H3,(H2,19,21)(H,20,22). The van der Waals surface area contributed by atoms with Crippen molar-refractivity contribution in [3.63, 3.8) is 0 Å². The molecule has 0 saturated heterocycles. The Bertz CT molecular complexity index is 734. The Balaban J connectivity index is 2.06. The lowest BCUT2D eigenvalue weighted by molar-refractivity contribution is 0.0950. The molecule has 4 nitrogen and oxygen atoms in total. The molecular weight excluding hydrogens is 315 g/mol. The molecule has 2 amide bonds. The summed E-state index contributed by atoms with van der Waals surface area (Å²) in [6.07, 6.45) is 1.87. The number of carbonyl (C=O) groups excluding carboxylic acids is 2. The Morgan fingerprint density at radius 1 is 1.17 bits per heavy atom. The van der Waals surface area contributed by atoms with Gasteiger partial charge in [-0.25, -0.2) is 4.39 Å². The Morgan fingerprint density at radius 2 is 1.96 bits per heavy atom. The van der Waals surface area contributed by atoms with Crippen LogP contribution in [0, 0.1) is 5.82 Å². The van der Waals surface area contributed by atoms with Gasteiger partial charge in [0.05, 0.1) is 0 Å². The fourth-order valence-electron chi connectivity index (χ4n) is 2.10. The highest BCUT2D eigenvalue weighted by Crippen LogP contribution is 2.16. The van der Waals surface area contributed by atoms with E-state index in [1.165, 1.54) is 23.9 Å². The molecule has 0 unspecified atom stereocenters. The number of benzene rings is 2. The van der Waals surface area contributed by atoms with Crippen molar-refractivity contribution in [1.29, 1.82) is 0 Å². The van der Waals surface area contributed by atoms with Gasteiger partial charge in [-0.1, -0.05) is 12.1 Å². The first-order valence-corrected chi connectivity index (χ1v) is 8.35. The number of primary amides is 1. The van der Waals surface area contributed by atoms with Crippen LogP contribution in [0.5, 0.6) is 0 Å². The van der Waals surface area contributed by atoms with Gasteiger partial charge in [0.2, 0.25) is 5.91 Å². The molecule has 2 rings (SSSR count). The van der Waals surface area contributed by atoms with E-state index >= 15 is 0 Å². The molecule has 0 aliphatic heterocycles. The molecule has 0 radical (unpaired) electrons. The first-order chi connectivity index (χ1) is 11.0. The zero-order chi connectivity index (χ0) is 16.8. The Kier molecular flexibility index (Phi) is 5.76. The molecule has 0 aromatic heterocycles. The summed E-state index contributed by atoms with van der Waals surface area (Å²) in [4.78, 5) is 23.3. The molecule has 0 bridgehead atoms. The zero-order valence-electron chi connectivity index (χ0n) is 12.6. The van der Waals surface area contributed by atoms with E-state index in [1.54, 1.807) is 30.3 Å². The molecular formula is C17H17FN2O2S. The molecule has 0 fully saturated rings. The van der Waals surface area contributed by atoms with Crippen molar-refractivity contribution < 1.29 is 14.0 Å². The van der Waals surface area contributed by atoms with Crippen LogP contribution in [0.4, 0.5) is 4.39 Å². The maximum Gasteiger partial charge on any atom is 0.251 e. The molecule has 0 atom stereocenters. The van der Waals surface area contributed by atoms with E-state index in [1.807, 2.05) is 6.26 Å². The van der Waals surface area contributed by atoms with Crippen molar-refractivity contribution >= 4 is 23.6 Å². The van der Waals surface area contributed by atoms with Gasteiger partial charge in [0.25, 0.3) is 5.91 Å². The van der Waals surface area contributed by atoms with Crippen LogP contribution in [0.25, 0.3) is 0 Å². The predicted molar refractivity (Wildman–Crippen MR) is 89.7 cm³/mol. The summed E-state index contributed by atoms with van der Waals surface area (Å²) in [5.74, 6) is -0.617. The summed E-state index contributed by atoms with van der Waals surface area (Å²) in [6, 6.07) is 11.0. The number of nitrogens with two attached hydrogens (primary N) is 1.